The number of hydrogen-bond donors (Lipinski definition) is 2. The molecule has 0 atom stereocenters. The van der Waals surface area contributed by atoms with Crippen LogP contribution in [0, 0.1) is 5.92 Å². The predicted molar refractivity (Wildman–Crippen MR) is 127 cm³/mol. The van der Waals surface area contributed by atoms with E-state index in [4.69, 9.17) is 0 Å². The number of nitrogens with zero attached hydrogens (tertiary/aromatic N) is 1. The normalized spacial score (nSPS) is 18.0. The zero-order valence-corrected chi connectivity index (χ0v) is 19.0. The first-order valence-electron chi connectivity index (χ1n) is 11.7. The molecule has 2 fully saturated rings. The lowest BCUT2D eigenvalue weighted by molar-refractivity contribution is -0.126. The van der Waals surface area contributed by atoms with Crippen molar-refractivity contribution in [1.29, 1.82) is 0 Å². The van der Waals surface area contributed by atoms with Gasteiger partial charge in [0.1, 0.15) is 0 Å². The average Bonchev–Trinajstić information content (AvgIpc) is 3.34. The number of para-hydroxylation sites is 1. The molecule has 2 heterocycles. The van der Waals surface area contributed by atoms with Crippen molar-refractivity contribution in [3.05, 3.63) is 52.2 Å². The summed E-state index contributed by atoms with van der Waals surface area (Å²) in [4.78, 5) is 29.0. The van der Waals surface area contributed by atoms with Gasteiger partial charge in [-0.1, -0.05) is 37.5 Å². The quantitative estimate of drug-likeness (QED) is 0.673. The molecule has 0 bridgehead atoms. The minimum absolute atomic E-state index is 0.0140. The number of hydrogen-bond acceptors (Lipinski definition) is 4. The van der Waals surface area contributed by atoms with Gasteiger partial charge in [-0.25, -0.2) is 0 Å². The number of rotatable bonds is 7. The van der Waals surface area contributed by atoms with Gasteiger partial charge >= 0.3 is 0 Å². The Morgan fingerprint density at radius 3 is 2.48 bits per heavy atom. The first kappa shape index (κ1) is 21.9. The third kappa shape index (κ3) is 5.88. The maximum atomic E-state index is 12.8. The van der Waals surface area contributed by atoms with Crippen LogP contribution in [-0.2, 0) is 11.2 Å². The Hall–Kier alpha value is -2.34. The molecule has 1 saturated heterocycles. The van der Waals surface area contributed by atoms with Crippen LogP contribution in [0.3, 0.4) is 0 Å². The van der Waals surface area contributed by atoms with Crippen LogP contribution in [0.15, 0.2) is 41.8 Å². The lowest BCUT2D eigenvalue weighted by Crippen LogP contribution is -2.47. The molecule has 2 aromatic rings. The largest absolute Gasteiger partial charge is 0.371 e. The molecule has 2 N–H and O–H groups in total. The van der Waals surface area contributed by atoms with Gasteiger partial charge in [0.05, 0.1) is 5.56 Å². The van der Waals surface area contributed by atoms with Crippen LogP contribution in [-0.4, -0.2) is 37.5 Å². The summed E-state index contributed by atoms with van der Waals surface area (Å²) in [5.41, 5.74) is 1.73. The van der Waals surface area contributed by atoms with Crippen molar-refractivity contribution in [3.8, 4) is 0 Å². The maximum Gasteiger partial charge on any atom is 0.253 e. The molecule has 2 amide bonds. The monoisotopic (exact) mass is 439 g/mol. The molecular weight excluding hydrogens is 406 g/mol. The summed E-state index contributed by atoms with van der Waals surface area (Å²) >= 11 is 1.72. The molecule has 166 valence electrons. The molecule has 1 aliphatic heterocycles. The highest BCUT2D eigenvalue weighted by Crippen LogP contribution is 2.26. The molecule has 5 nitrogen and oxygen atoms in total. The SMILES string of the molecule is O=C(NCCc1cccs1)c1ccccc1N1CCC(NC(=O)C2CCCCC2)CC1. The van der Waals surface area contributed by atoms with Gasteiger partial charge in [0, 0.05) is 42.2 Å². The summed E-state index contributed by atoms with van der Waals surface area (Å²) in [7, 11) is 0. The molecule has 1 aliphatic carbocycles. The number of nitrogens with one attached hydrogen (secondary N) is 2. The van der Waals surface area contributed by atoms with Gasteiger partial charge in [-0.15, -0.1) is 11.3 Å². The fraction of sp³-hybridized carbons (Fsp3) is 0.520. The Morgan fingerprint density at radius 1 is 0.968 bits per heavy atom. The highest BCUT2D eigenvalue weighted by atomic mass is 32.1. The molecule has 6 heteroatoms. The first-order chi connectivity index (χ1) is 15.2. The van der Waals surface area contributed by atoms with Crippen LogP contribution in [0.2, 0.25) is 0 Å². The van der Waals surface area contributed by atoms with Gasteiger partial charge in [0.25, 0.3) is 5.91 Å². The topological polar surface area (TPSA) is 61.4 Å². The van der Waals surface area contributed by atoms with Crippen molar-refractivity contribution in [3.63, 3.8) is 0 Å². The van der Waals surface area contributed by atoms with Gasteiger partial charge in [0.15, 0.2) is 0 Å². The Kier molecular flexibility index (Phi) is 7.62. The Morgan fingerprint density at radius 2 is 1.74 bits per heavy atom. The number of piperidine rings is 1. The smallest absolute Gasteiger partial charge is 0.253 e. The second-order valence-corrected chi connectivity index (χ2v) is 9.74. The van der Waals surface area contributed by atoms with Crippen LogP contribution in [0.5, 0.6) is 0 Å². The van der Waals surface area contributed by atoms with E-state index in [1.165, 1.54) is 24.1 Å². The lowest BCUT2D eigenvalue weighted by Gasteiger charge is -2.35. The number of anilines is 1. The maximum absolute atomic E-state index is 12.8. The number of carbonyl (C=O) groups is 2. The Labute approximate surface area is 189 Å². The standard InChI is InChI=1S/C25H33N3O2S/c29-24(19-7-2-1-3-8-19)27-20-13-16-28(17-14-20)23-11-5-4-10-22(23)25(30)26-15-12-21-9-6-18-31-21/h4-6,9-11,18-20H,1-3,7-8,12-17H2,(H,26,30)(H,27,29). The highest BCUT2D eigenvalue weighted by molar-refractivity contribution is 7.09. The summed E-state index contributed by atoms with van der Waals surface area (Å²) in [5, 5.41) is 8.43. The van der Waals surface area contributed by atoms with Crippen molar-refractivity contribution in [2.24, 2.45) is 5.92 Å². The van der Waals surface area contributed by atoms with Crippen molar-refractivity contribution in [2.75, 3.05) is 24.5 Å². The predicted octanol–water partition coefficient (Wildman–Crippen LogP) is 4.39. The number of carbonyl (C=O) groups excluding carboxylic acids is 2. The second-order valence-electron chi connectivity index (χ2n) is 8.71. The van der Waals surface area contributed by atoms with Crippen LogP contribution in [0.4, 0.5) is 5.69 Å². The van der Waals surface area contributed by atoms with E-state index in [2.05, 4.69) is 27.0 Å². The van der Waals surface area contributed by atoms with Gasteiger partial charge in [-0.3, -0.25) is 9.59 Å². The Balaban J connectivity index is 1.29. The van der Waals surface area contributed by atoms with E-state index in [1.807, 2.05) is 30.3 Å². The van der Waals surface area contributed by atoms with E-state index in [0.29, 0.717) is 6.54 Å². The molecule has 0 spiro atoms. The van der Waals surface area contributed by atoms with E-state index in [-0.39, 0.29) is 23.8 Å². The zero-order valence-electron chi connectivity index (χ0n) is 18.1. The summed E-state index contributed by atoms with van der Waals surface area (Å²) in [5.74, 6) is 0.453. The Bertz CT molecular complexity index is 853. The summed E-state index contributed by atoms with van der Waals surface area (Å²) in [6.07, 6.45) is 8.42. The van der Waals surface area contributed by atoms with Crippen LogP contribution in [0.1, 0.15) is 60.2 Å². The van der Waals surface area contributed by atoms with Gasteiger partial charge < -0.3 is 15.5 Å². The van der Waals surface area contributed by atoms with Crippen LogP contribution < -0.4 is 15.5 Å². The fourth-order valence-electron chi connectivity index (χ4n) is 4.74. The molecule has 2 aliphatic rings. The van der Waals surface area contributed by atoms with Gasteiger partial charge in [-0.05, 0) is 55.7 Å². The zero-order chi connectivity index (χ0) is 21.5. The first-order valence-corrected chi connectivity index (χ1v) is 12.5. The van der Waals surface area contributed by atoms with E-state index in [1.54, 1.807) is 11.3 Å². The third-order valence-electron chi connectivity index (χ3n) is 6.54. The molecule has 0 radical (unpaired) electrons. The number of benzene rings is 1. The summed E-state index contributed by atoms with van der Waals surface area (Å²) in [6, 6.07) is 12.3. The molecule has 0 unspecified atom stereocenters. The van der Waals surface area contributed by atoms with E-state index < -0.39 is 0 Å². The van der Waals surface area contributed by atoms with Crippen LogP contribution in [0.25, 0.3) is 0 Å². The van der Waals surface area contributed by atoms with Gasteiger partial charge in [-0.2, -0.15) is 0 Å². The number of amides is 2. The molecule has 1 aromatic heterocycles. The molecule has 1 saturated carbocycles. The number of thiophene rings is 1. The third-order valence-corrected chi connectivity index (χ3v) is 7.48. The highest BCUT2D eigenvalue weighted by Gasteiger charge is 2.27. The fourth-order valence-corrected chi connectivity index (χ4v) is 5.45. The molecular formula is C25H33N3O2S. The molecule has 31 heavy (non-hydrogen) atoms. The minimum atomic E-state index is -0.0140. The van der Waals surface area contributed by atoms with E-state index >= 15 is 0 Å². The van der Waals surface area contributed by atoms with E-state index in [9.17, 15) is 9.59 Å². The van der Waals surface area contributed by atoms with E-state index in [0.717, 1.165) is 56.4 Å². The molecule has 1 aromatic carbocycles. The second kappa shape index (κ2) is 10.8. The van der Waals surface area contributed by atoms with Crippen LogP contribution >= 0.6 is 11.3 Å². The van der Waals surface area contributed by atoms with Crippen molar-refractivity contribution in [1.82, 2.24) is 10.6 Å². The van der Waals surface area contributed by atoms with Crippen molar-refractivity contribution in [2.45, 2.75) is 57.4 Å². The van der Waals surface area contributed by atoms with Crippen molar-refractivity contribution < 1.29 is 9.59 Å². The van der Waals surface area contributed by atoms with Gasteiger partial charge in [0.2, 0.25) is 5.91 Å². The average molecular weight is 440 g/mol. The summed E-state index contributed by atoms with van der Waals surface area (Å²) in [6.45, 7) is 2.35. The lowest BCUT2D eigenvalue weighted by atomic mass is 9.88. The molecule has 4 rings (SSSR count). The summed E-state index contributed by atoms with van der Waals surface area (Å²) < 4.78 is 0. The van der Waals surface area contributed by atoms with Crippen molar-refractivity contribution >= 4 is 28.8 Å². The minimum Gasteiger partial charge on any atom is -0.371 e.